The lowest BCUT2D eigenvalue weighted by atomic mass is 10.1. The van der Waals surface area contributed by atoms with Gasteiger partial charge in [0.25, 0.3) is 0 Å². The summed E-state index contributed by atoms with van der Waals surface area (Å²) in [4.78, 5) is 23.7. The highest BCUT2D eigenvalue weighted by molar-refractivity contribution is 5.94. The zero-order chi connectivity index (χ0) is 11.5. The summed E-state index contributed by atoms with van der Waals surface area (Å²) in [6.07, 6.45) is 3.76. The van der Waals surface area contributed by atoms with E-state index in [4.69, 9.17) is 5.11 Å². The summed E-state index contributed by atoms with van der Waals surface area (Å²) in [7, 11) is 0. The summed E-state index contributed by atoms with van der Waals surface area (Å²) in [6.45, 7) is 0. The molecule has 0 radical (unpaired) electrons. The van der Waals surface area contributed by atoms with Gasteiger partial charge >= 0.3 is 5.97 Å². The molecule has 2 aromatic rings. The number of aromatic nitrogens is 1. The maximum absolute atomic E-state index is 10.7. The van der Waals surface area contributed by atoms with Crippen molar-refractivity contribution in [3.8, 4) is 0 Å². The van der Waals surface area contributed by atoms with E-state index >= 15 is 0 Å². The van der Waals surface area contributed by atoms with Crippen LogP contribution in [0.4, 0.5) is 0 Å². The van der Waals surface area contributed by atoms with E-state index in [2.05, 4.69) is 4.98 Å². The third-order valence-corrected chi connectivity index (χ3v) is 2.24. The average molecular weight is 215 g/mol. The second-order valence-corrected chi connectivity index (χ2v) is 3.33. The zero-order valence-electron chi connectivity index (χ0n) is 8.31. The number of carboxylic acids is 1. The average Bonchev–Trinajstić information content (AvgIpc) is 2.69. The molecule has 0 fully saturated rings. The van der Waals surface area contributed by atoms with Gasteiger partial charge in [0.2, 0.25) is 0 Å². The number of fused-ring (bicyclic) bond motifs is 1. The van der Waals surface area contributed by atoms with Gasteiger partial charge < -0.3 is 10.1 Å². The summed E-state index contributed by atoms with van der Waals surface area (Å²) in [5, 5.41) is 9.62. The van der Waals surface area contributed by atoms with Crippen LogP contribution in [0.25, 0.3) is 17.0 Å². The van der Waals surface area contributed by atoms with Crippen molar-refractivity contribution < 1.29 is 14.7 Å². The maximum Gasteiger partial charge on any atom is 0.352 e. The first kappa shape index (κ1) is 10.2. The molecule has 0 unspecified atom stereocenters. The van der Waals surface area contributed by atoms with Crippen LogP contribution < -0.4 is 0 Å². The van der Waals surface area contributed by atoms with Gasteiger partial charge in [-0.1, -0.05) is 12.1 Å². The fourth-order valence-electron chi connectivity index (χ4n) is 1.52. The molecular formula is C12H9NO3. The molecule has 0 spiro atoms. The van der Waals surface area contributed by atoms with Crippen LogP contribution in [0.15, 0.2) is 30.3 Å². The molecule has 0 aliphatic rings. The molecule has 0 bridgehead atoms. The van der Waals surface area contributed by atoms with Crippen LogP contribution in [-0.4, -0.2) is 22.3 Å². The molecule has 0 aliphatic heterocycles. The molecule has 1 aromatic heterocycles. The second kappa shape index (κ2) is 4.02. The highest BCUT2D eigenvalue weighted by Gasteiger charge is 2.06. The first-order chi connectivity index (χ1) is 7.70. The Morgan fingerprint density at radius 3 is 2.81 bits per heavy atom. The Kier molecular flexibility index (Phi) is 2.55. The number of H-pyrrole nitrogens is 1. The van der Waals surface area contributed by atoms with E-state index in [-0.39, 0.29) is 5.69 Å². The van der Waals surface area contributed by atoms with Crippen LogP contribution >= 0.6 is 0 Å². The fraction of sp³-hybridized carbons (Fsp3) is 0. The monoisotopic (exact) mass is 215 g/mol. The highest BCUT2D eigenvalue weighted by atomic mass is 16.4. The molecule has 0 saturated heterocycles. The van der Waals surface area contributed by atoms with Crippen LogP contribution in [0.1, 0.15) is 16.1 Å². The van der Waals surface area contributed by atoms with Gasteiger partial charge in [-0.2, -0.15) is 0 Å². The predicted octanol–water partition coefficient (Wildman–Crippen LogP) is 2.08. The Balaban J connectivity index is 2.49. The number of carbonyl (C=O) groups excluding carboxylic acids is 1. The summed E-state index contributed by atoms with van der Waals surface area (Å²) >= 11 is 0. The SMILES string of the molecule is O=CC=Cc1ccc2[nH]c(C(=O)O)cc2c1. The Morgan fingerprint density at radius 1 is 1.31 bits per heavy atom. The van der Waals surface area contributed by atoms with Gasteiger partial charge in [-0.3, -0.25) is 4.79 Å². The molecule has 2 N–H and O–H groups in total. The second-order valence-electron chi connectivity index (χ2n) is 3.33. The molecule has 16 heavy (non-hydrogen) atoms. The lowest BCUT2D eigenvalue weighted by molar-refractivity contribution is -0.104. The van der Waals surface area contributed by atoms with E-state index in [9.17, 15) is 9.59 Å². The van der Waals surface area contributed by atoms with Gasteiger partial charge in [0.05, 0.1) is 0 Å². The van der Waals surface area contributed by atoms with Gasteiger partial charge in [-0.05, 0) is 29.8 Å². The minimum atomic E-state index is -0.985. The van der Waals surface area contributed by atoms with Crippen LogP contribution in [0.2, 0.25) is 0 Å². The molecule has 4 heteroatoms. The quantitative estimate of drug-likeness (QED) is 0.608. The van der Waals surface area contributed by atoms with E-state index in [0.717, 1.165) is 16.5 Å². The van der Waals surface area contributed by atoms with Crippen molar-refractivity contribution in [2.45, 2.75) is 0 Å². The molecule has 0 amide bonds. The van der Waals surface area contributed by atoms with Gasteiger partial charge in [-0.15, -0.1) is 0 Å². The van der Waals surface area contributed by atoms with E-state index in [1.807, 2.05) is 12.1 Å². The molecule has 4 nitrogen and oxygen atoms in total. The fourth-order valence-corrected chi connectivity index (χ4v) is 1.52. The van der Waals surface area contributed by atoms with Gasteiger partial charge in [0, 0.05) is 10.9 Å². The van der Waals surface area contributed by atoms with Gasteiger partial charge in [0.15, 0.2) is 0 Å². The molecule has 0 atom stereocenters. The number of carbonyl (C=O) groups is 2. The third kappa shape index (κ3) is 1.86. The minimum absolute atomic E-state index is 0.159. The lowest BCUT2D eigenvalue weighted by Crippen LogP contribution is -1.94. The first-order valence-electron chi connectivity index (χ1n) is 4.68. The topological polar surface area (TPSA) is 70.2 Å². The number of benzene rings is 1. The largest absolute Gasteiger partial charge is 0.477 e. The van der Waals surface area contributed by atoms with E-state index < -0.39 is 5.97 Å². The summed E-state index contributed by atoms with van der Waals surface area (Å²) in [6, 6.07) is 6.98. The van der Waals surface area contributed by atoms with Crippen molar-refractivity contribution in [3.63, 3.8) is 0 Å². The Labute approximate surface area is 91.2 Å². The molecule has 2 rings (SSSR count). The van der Waals surface area contributed by atoms with Crippen molar-refractivity contribution in [2.75, 3.05) is 0 Å². The molecule has 0 saturated carbocycles. The number of rotatable bonds is 3. The third-order valence-electron chi connectivity index (χ3n) is 2.24. The number of aldehydes is 1. The minimum Gasteiger partial charge on any atom is -0.477 e. The number of aromatic amines is 1. The van der Waals surface area contributed by atoms with Crippen molar-refractivity contribution in [3.05, 3.63) is 41.6 Å². The van der Waals surface area contributed by atoms with E-state index in [1.165, 1.54) is 6.08 Å². The van der Waals surface area contributed by atoms with E-state index in [1.54, 1.807) is 18.2 Å². The Hall–Kier alpha value is -2.36. The number of carboxylic acid groups (broad SMARTS) is 1. The number of hydrogen-bond donors (Lipinski definition) is 2. The number of allylic oxidation sites excluding steroid dienone is 1. The number of hydrogen-bond acceptors (Lipinski definition) is 2. The van der Waals surface area contributed by atoms with Crippen LogP contribution in [0.5, 0.6) is 0 Å². The summed E-state index contributed by atoms with van der Waals surface area (Å²) < 4.78 is 0. The zero-order valence-corrected chi connectivity index (χ0v) is 8.31. The van der Waals surface area contributed by atoms with Crippen molar-refractivity contribution in [1.82, 2.24) is 4.98 Å². The van der Waals surface area contributed by atoms with Crippen LogP contribution in [0, 0.1) is 0 Å². The predicted molar refractivity (Wildman–Crippen MR) is 60.4 cm³/mol. The molecule has 1 heterocycles. The standard InChI is InChI=1S/C12H9NO3/c14-5-1-2-8-3-4-10-9(6-8)7-11(13-10)12(15)16/h1-7,13H,(H,15,16). The normalized spacial score (nSPS) is 11.0. The smallest absolute Gasteiger partial charge is 0.352 e. The van der Waals surface area contributed by atoms with Gasteiger partial charge in [-0.25, -0.2) is 4.79 Å². The van der Waals surface area contributed by atoms with E-state index in [0.29, 0.717) is 6.29 Å². The van der Waals surface area contributed by atoms with Crippen molar-refractivity contribution in [2.24, 2.45) is 0 Å². The van der Waals surface area contributed by atoms with Crippen molar-refractivity contribution in [1.29, 1.82) is 0 Å². The molecular weight excluding hydrogens is 206 g/mol. The molecule has 1 aromatic carbocycles. The van der Waals surface area contributed by atoms with Crippen LogP contribution in [-0.2, 0) is 4.79 Å². The Morgan fingerprint density at radius 2 is 2.12 bits per heavy atom. The van der Waals surface area contributed by atoms with Gasteiger partial charge in [0.1, 0.15) is 12.0 Å². The number of aromatic carboxylic acids is 1. The summed E-state index contributed by atoms with van der Waals surface area (Å²) in [5.74, 6) is -0.985. The lowest BCUT2D eigenvalue weighted by Gasteiger charge is -1.92. The molecule has 0 aliphatic carbocycles. The molecule has 80 valence electrons. The number of nitrogens with one attached hydrogen (secondary N) is 1. The van der Waals surface area contributed by atoms with Crippen LogP contribution in [0.3, 0.4) is 0 Å². The van der Waals surface area contributed by atoms with Crippen molar-refractivity contribution >= 4 is 29.2 Å². The summed E-state index contributed by atoms with van der Waals surface area (Å²) in [5.41, 5.74) is 1.78. The Bertz CT molecular complexity index is 581. The maximum atomic E-state index is 10.7. The highest BCUT2D eigenvalue weighted by Crippen LogP contribution is 2.18. The first-order valence-corrected chi connectivity index (χ1v) is 4.68.